The maximum atomic E-state index is 11.3. The lowest BCUT2D eigenvalue weighted by Gasteiger charge is -2.13. The Balaban J connectivity index is 3.83. The van der Waals surface area contributed by atoms with E-state index in [9.17, 15) is 18.0 Å². The molecule has 0 saturated heterocycles. The predicted molar refractivity (Wildman–Crippen MR) is 70.3 cm³/mol. The summed E-state index contributed by atoms with van der Waals surface area (Å²) in [4.78, 5) is 22.1. The third-order valence-corrected chi connectivity index (χ3v) is 3.00. The summed E-state index contributed by atoms with van der Waals surface area (Å²) in [6.45, 7) is 2.13. The van der Waals surface area contributed by atoms with Gasteiger partial charge in [-0.05, 0) is 6.42 Å². The molecule has 0 aliphatic heterocycles. The maximum absolute atomic E-state index is 11.3. The van der Waals surface area contributed by atoms with Crippen LogP contribution in [0.25, 0.3) is 0 Å². The van der Waals surface area contributed by atoms with Gasteiger partial charge in [0, 0.05) is 19.6 Å². The van der Waals surface area contributed by atoms with Crippen LogP contribution < -0.4 is 15.4 Å². The van der Waals surface area contributed by atoms with Crippen LogP contribution in [0.15, 0.2) is 0 Å². The van der Waals surface area contributed by atoms with Gasteiger partial charge in [-0.1, -0.05) is 13.3 Å². The highest BCUT2D eigenvalue weighted by molar-refractivity contribution is 7.88. The Morgan fingerprint density at radius 3 is 2.32 bits per heavy atom. The molecular formula is C10H21N3O5S. The molecule has 0 saturated carbocycles. The van der Waals surface area contributed by atoms with E-state index in [-0.39, 0.29) is 19.6 Å². The molecule has 0 aliphatic rings. The number of hydrogen-bond acceptors (Lipinski definition) is 4. The fourth-order valence-electron chi connectivity index (χ4n) is 1.35. The molecule has 19 heavy (non-hydrogen) atoms. The minimum Gasteiger partial charge on any atom is -0.481 e. The molecule has 0 bridgehead atoms. The van der Waals surface area contributed by atoms with E-state index in [0.717, 1.165) is 12.7 Å². The first-order valence-corrected chi connectivity index (χ1v) is 7.84. The van der Waals surface area contributed by atoms with Crippen LogP contribution in [-0.2, 0) is 14.8 Å². The molecule has 4 N–H and O–H groups in total. The molecule has 0 spiro atoms. The van der Waals surface area contributed by atoms with Crippen LogP contribution in [0.2, 0.25) is 0 Å². The lowest BCUT2D eigenvalue weighted by molar-refractivity contribution is -0.141. The van der Waals surface area contributed by atoms with Crippen LogP contribution in [0.3, 0.4) is 0 Å². The highest BCUT2D eigenvalue weighted by Crippen LogP contribution is 2.04. The van der Waals surface area contributed by atoms with E-state index in [2.05, 4.69) is 15.4 Å². The molecule has 1 unspecified atom stereocenters. The topological polar surface area (TPSA) is 125 Å². The molecule has 0 aromatic carbocycles. The van der Waals surface area contributed by atoms with E-state index in [0.29, 0.717) is 6.42 Å². The van der Waals surface area contributed by atoms with Crippen molar-refractivity contribution in [1.82, 2.24) is 15.4 Å². The second kappa shape index (κ2) is 8.70. The summed E-state index contributed by atoms with van der Waals surface area (Å²) >= 11 is 0. The van der Waals surface area contributed by atoms with Crippen LogP contribution in [0.1, 0.15) is 19.8 Å². The average molecular weight is 295 g/mol. The number of amides is 2. The van der Waals surface area contributed by atoms with Gasteiger partial charge in [0.25, 0.3) is 0 Å². The van der Waals surface area contributed by atoms with Crippen molar-refractivity contribution < 1.29 is 23.1 Å². The molecule has 0 rings (SSSR count). The molecule has 0 fully saturated rings. The summed E-state index contributed by atoms with van der Waals surface area (Å²) in [6.07, 6.45) is 2.24. The van der Waals surface area contributed by atoms with Crippen molar-refractivity contribution in [2.24, 2.45) is 5.92 Å². The Morgan fingerprint density at radius 2 is 1.84 bits per heavy atom. The van der Waals surface area contributed by atoms with Crippen molar-refractivity contribution in [3.8, 4) is 0 Å². The Labute approximate surface area is 113 Å². The van der Waals surface area contributed by atoms with E-state index in [1.54, 1.807) is 0 Å². The highest BCUT2D eigenvalue weighted by Gasteiger charge is 2.16. The molecule has 112 valence electrons. The van der Waals surface area contributed by atoms with Crippen molar-refractivity contribution in [3.63, 3.8) is 0 Å². The van der Waals surface area contributed by atoms with Crippen LogP contribution in [0, 0.1) is 5.92 Å². The second-order valence-corrected chi connectivity index (χ2v) is 5.96. The van der Waals surface area contributed by atoms with Gasteiger partial charge in [0.2, 0.25) is 10.0 Å². The summed E-state index contributed by atoms with van der Waals surface area (Å²) in [5.41, 5.74) is 0. The minimum atomic E-state index is -3.27. The average Bonchev–Trinajstić information content (AvgIpc) is 2.28. The van der Waals surface area contributed by atoms with Gasteiger partial charge in [-0.15, -0.1) is 0 Å². The SMILES string of the molecule is CCCC(CNC(=O)NCCNS(C)(=O)=O)C(=O)O. The number of carbonyl (C=O) groups is 2. The third-order valence-electron chi connectivity index (χ3n) is 2.27. The zero-order valence-corrected chi connectivity index (χ0v) is 11.9. The Bertz CT molecular complexity index is 396. The maximum Gasteiger partial charge on any atom is 0.314 e. The van der Waals surface area contributed by atoms with Crippen LogP contribution in [0.4, 0.5) is 4.79 Å². The zero-order chi connectivity index (χ0) is 14.9. The molecule has 0 aromatic rings. The number of carbonyl (C=O) groups excluding carboxylic acids is 1. The number of nitrogens with one attached hydrogen (secondary N) is 3. The van der Waals surface area contributed by atoms with Crippen LogP contribution >= 0.6 is 0 Å². The monoisotopic (exact) mass is 295 g/mol. The first-order chi connectivity index (χ1) is 8.76. The second-order valence-electron chi connectivity index (χ2n) is 4.13. The molecule has 9 heteroatoms. The fourth-order valence-corrected chi connectivity index (χ4v) is 1.83. The number of carboxylic acid groups (broad SMARTS) is 1. The zero-order valence-electron chi connectivity index (χ0n) is 11.1. The van der Waals surface area contributed by atoms with E-state index in [1.807, 2.05) is 6.92 Å². The van der Waals surface area contributed by atoms with Gasteiger partial charge < -0.3 is 15.7 Å². The van der Waals surface area contributed by atoms with Gasteiger partial charge in [-0.3, -0.25) is 4.79 Å². The van der Waals surface area contributed by atoms with Gasteiger partial charge in [-0.25, -0.2) is 17.9 Å². The third kappa shape index (κ3) is 10.3. The number of hydrogen-bond donors (Lipinski definition) is 4. The largest absolute Gasteiger partial charge is 0.481 e. The first-order valence-electron chi connectivity index (χ1n) is 5.95. The molecule has 2 amide bonds. The molecule has 0 radical (unpaired) electrons. The van der Waals surface area contributed by atoms with Gasteiger partial charge >= 0.3 is 12.0 Å². The summed E-state index contributed by atoms with van der Waals surface area (Å²) in [5, 5.41) is 13.7. The molecule has 8 nitrogen and oxygen atoms in total. The normalized spacial score (nSPS) is 12.7. The first kappa shape index (κ1) is 17.6. The van der Waals surface area contributed by atoms with Gasteiger partial charge in [0.15, 0.2) is 0 Å². The van der Waals surface area contributed by atoms with Crippen LogP contribution in [0.5, 0.6) is 0 Å². The number of sulfonamides is 1. The van der Waals surface area contributed by atoms with Gasteiger partial charge in [0.05, 0.1) is 12.2 Å². The fraction of sp³-hybridized carbons (Fsp3) is 0.800. The number of rotatable bonds is 9. The number of aliphatic carboxylic acids is 1. The van der Waals surface area contributed by atoms with Crippen molar-refractivity contribution in [3.05, 3.63) is 0 Å². The molecule has 1 atom stereocenters. The number of carboxylic acids is 1. The van der Waals surface area contributed by atoms with Gasteiger partial charge in [0.1, 0.15) is 0 Å². The quantitative estimate of drug-likeness (QED) is 0.420. The van der Waals surface area contributed by atoms with E-state index >= 15 is 0 Å². The van der Waals surface area contributed by atoms with E-state index < -0.39 is 27.9 Å². The Morgan fingerprint density at radius 1 is 1.21 bits per heavy atom. The summed E-state index contributed by atoms with van der Waals surface area (Å²) < 4.78 is 23.7. The highest BCUT2D eigenvalue weighted by atomic mass is 32.2. The lowest BCUT2D eigenvalue weighted by Crippen LogP contribution is -2.42. The number of urea groups is 1. The molecule has 0 aromatic heterocycles. The molecular weight excluding hydrogens is 274 g/mol. The molecule has 0 heterocycles. The molecule has 0 aliphatic carbocycles. The minimum absolute atomic E-state index is 0.0501. The van der Waals surface area contributed by atoms with E-state index in [4.69, 9.17) is 5.11 Å². The van der Waals surface area contributed by atoms with Crippen LogP contribution in [-0.4, -0.2) is 51.4 Å². The van der Waals surface area contributed by atoms with Crippen molar-refractivity contribution in [2.75, 3.05) is 25.9 Å². The van der Waals surface area contributed by atoms with Crippen molar-refractivity contribution in [2.45, 2.75) is 19.8 Å². The van der Waals surface area contributed by atoms with Gasteiger partial charge in [-0.2, -0.15) is 0 Å². The Kier molecular flexibility index (Phi) is 8.08. The predicted octanol–water partition coefficient (Wildman–Crippen LogP) is -0.664. The summed E-state index contributed by atoms with van der Waals surface area (Å²) in [7, 11) is -3.27. The smallest absolute Gasteiger partial charge is 0.314 e. The Hall–Kier alpha value is -1.35. The summed E-state index contributed by atoms with van der Waals surface area (Å²) in [6, 6.07) is -0.516. The van der Waals surface area contributed by atoms with Crippen molar-refractivity contribution >= 4 is 22.0 Å². The van der Waals surface area contributed by atoms with E-state index in [1.165, 1.54) is 0 Å². The summed E-state index contributed by atoms with van der Waals surface area (Å²) in [5.74, 6) is -1.55. The standard InChI is InChI=1S/C10H21N3O5S/c1-3-4-8(9(14)15)7-12-10(16)11-5-6-13-19(2,17)18/h8,13H,3-7H2,1-2H3,(H,14,15)(H2,11,12,16). The lowest BCUT2D eigenvalue weighted by atomic mass is 10.0. The van der Waals surface area contributed by atoms with Crippen molar-refractivity contribution in [1.29, 1.82) is 0 Å².